The first-order chi connectivity index (χ1) is 12.9. The van der Waals surface area contributed by atoms with Crippen molar-refractivity contribution in [1.82, 2.24) is 4.98 Å². The number of aromatic amines is 1. The Kier molecular flexibility index (Phi) is 4.42. The molecule has 27 heavy (non-hydrogen) atoms. The van der Waals surface area contributed by atoms with E-state index in [0.29, 0.717) is 30.2 Å². The molecule has 1 aliphatic rings. The van der Waals surface area contributed by atoms with Crippen molar-refractivity contribution in [2.75, 3.05) is 0 Å². The fraction of sp³-hybridized carbons (Fsp3) is 0.286. The van der Waals surface area contributed by atoms with E-state index in [1.165, 1.54) is 12.1 Å². The van der Waals surface area contributed by atoms with Crippen molar-refractivity contribution in [2.45, 2.75) is 32.0 Å². The Labute approximate surface area is 154 Å². The van der Waals surface area contributed by atoms with Gasteiger partial charge >= 0.3 is 12.1 Å². The van der Waals surface area contributed by atoms with Gasteiger partial charge in [-0.3, -0.25) is 4.79 Å². The summed E-state index contributed by atoms with van der Waals surface area (Å²) in [5.41, 5.74) is 2.61. The lowest BCUT2D eigenvalue weighted by Crippen LogP contribution is -2.24. The lowest BCUT2D eigenvalue weighted by Gasteiger charge is -2.21. The summed E-state index contributed by atoms with van der Waals surface area (Å²) in [5, 5.41) is 0.542. The van der Waals surface area contributed by atoms with Crippen molar-refractivity contribution in [3.05, 3.63) is 70.9 Å². The molecule has 0 amide bonds. The predicted octanol–water partition coefficient (Wildman–Crippen LogP) is 5.04. The van der Waals surface area contributed by atoms with E-state index < -0.39 is 11.7 Å². The molecule has 1 atom stereocenters. The van der Waals surface area contributed by atoms with Gasteiger partial charge in [-0.1, -0.05) is 30.3 Å². The van der Waals surface area contributed by atoms with Crippen LogP contribution in [-0.4, -0.2) is 11.0 Å². The molecule has 1 aliphatic carbocycles. The van der Waals surface area contributed by atoms with E-state index in [2.05, 4.69) is 4.98 Å². The second-order valence-corrected chi connectivity index (χ2v) is 6.87. The number of rotatable bonds is 3. The lowest BCUT2D eigenvalue weighted by atomic mass is 9.86. The molecule has 1 N–H and O–H groups in total. The number of carbonyl (C=O) groups is 1. The van der Waals surface area contributed by atoms with Crippen molar-refractivity contribution in [1.29, 1.82) is 0 Å². The normalized spacial score (nSPS) is 16.9. The van der Waals surface area contributed by atoms with E-state index in [1.54, 1.807) is 0 Å². The molecule has 1 aromatic heterocycles. The Balaban J connectivity index is 1.54. The van der Waals surface area contributed by atoms with Gasteiger partial charge in [0.05, 0.1) is 11.5 Å². The van der Waals surface area contributed by atoms with Crippen LogP contribution in [-0.2, 0) is 35.2 Å². The van der Waals surface area contributed by atoms with E-state index in [0.717, 1.165) is 22.9 Å². The maximum Gasteiger partial charge on any atom is 0.416 e. The quantitative estimate of drug-likeness (QED) is 0.654. The summed E-state index contributed by atoms with van der Waals surface area (Å²) in [4.78, 5) is 15.6. The van der Waals surface area contributed by atoms with Gasteiger partial charge in [-0.25, -0.2) is 0 Å². The Morgan fingerprint density at radius 1 is 1.15 bits per heavy atom. The van der Waals surface area contributed by atoms with Crippen molar-refractivity contribution in [2.24, 2.45) is 5.92 Å². The minimum atomic E-state index is -4.39. The smallest absolute Gasteiger partial charge is 0.416 e. The van der Waals surface area contributed by atoms with Crippen LogP contribution in [0.5, 0.6) is 0 Å². The summed E-state index contributed by atoms with van der Waals surface area (Å²) in [6.07, 6.45) is -2.75. The highest BCUT2D eigenvalue weighted by Gasteiger charge is 2.33. The van der Waals surface area contributed by atoms with Gasteiger partial charge in [0.2, 0.25) is 0 Å². The molecule has 3 nitrogen and oxygen atoms in total. The van der Waals surface area contributed by atoms with Crippen molar-refractivity contribution in [3.8, 4) is 0 Å². The van der Waals surface area contributed by atoms with Crippen LogP contribution in [0.3, 0.4) is 0 Å². The number of benzene rings is 2. The fourth-order valence-electron chi connectivity index (χ4n) is 3.64. The Morgan fingerprint density at radius 2 is 1.93 bits per heavy atom. The number of alkyl halides is 3. The Bertz CT molecular complexity index is 976. The third-order valence-electron chi connectivity index (χ3n) is 5.07. The van der Waals surface area contributed by atoms with E-state index >= 15 is 0 Å². The van der Waals surface area contributed by atoms with Crippen LogP contribution in [0.1, 0.15) is 28.8 Å². The number of ether oxygens (including phenoxy) is 1. The standard InChI is InChI=1S/C21H18F3NO2/c22-21(23,24)15-7-9-19-17(11-15)16-10-14(6-8-18(16)25-19)20(26)27-12-13-4-2-1-3-5-13/h1-5,7,9,11,14,25H,6,8,10,12H2. The number of hydrogen-bond acceptors (Lipinski definition) is 2. The van der Waals surface area contributed by atoms with Crippen LogP contribution in [0.25, 0.3) is 10.9 Å². The summed E-state index contributed by atoms with van der Waals surface area (Å²) in [6, 6.07) is 13.1. The van der Waals surface area contributed by atoms with E-state index in [4.69, 9.17) is 4.74 Å². The number of nitrogens with one attached hydrogen (secondary N) is 1. The first-order valence-electron chi connectivity index (χ1n) is 8.83. The summed E-state index contributed by atoms with van der Waals surface area (Å²) in [5.74, 6) is -0.638. The third-order valence-corrected chi connectivity index (χ3v) is 5.07. The van der Waals surface area contributed by atoms with Gasteiger partial charge in [0.25, 0.3) is 0 Å². The second kappa shape index (κ2) is 6.76. The van der Waals surface area contributed by atoms with Gasteiger partial charge in [0.15, 0.2) is 0 Å². The number of H-pyrrole nitrogens is 1. The maximum atomic E-state index is 13.0. The highest BCUT2D eigenvalue weighted by molar-refractivity contribution is 5.87. The molecule has 0 fully saturated rings. The number of aromatic nitrogens is 1. The molecular formula is C21H18F3NO2. The first-order valence-corrected chi connectivity index (χ1v) is 8.83. The summed E-state index contributed by atoms with van der Waals surface area (Å²) in [6.45, 7) is 0.204. The maximum absolute atomic E-state index is 13.0. The van der Waals surface area contributed by atoms with Crippen LogP contribution in [0, 0.1) is 5.92 Å². The van der Waals surface area contributed by atoms with Gasteiger partial charge in [-0.2, -0.15) is 13.2 Å². The molecule has 0 saturated carbocycles. The number of hydrogen-bond donors (Lipinski definition) is 1. The molecule has 1 heterocycles. The van der Waals surface area contributed by atoms with Gasteiger partial charge in [-0.05, 0) is 48.6 Å². The monoisotopic (exact) mass is 373 g/mol. The molecule has 3 aromatic rings. The summed E-state index contributed by atoms with van der Waals surface area (Å²) >= 11 is 0. The molecule has 0 saturated heterocycles. The zero-order valence-corrected chi connectivity index (χ0v) is 14.5. The molecule has 0 spiro atoms. The van der Waals surface area contributed by atoms with Crippen LogP contribution < -0.4 is 0 Å². The zero-order chi connectivity index (χ0) is 19.0. The highest BCUT2D eigenvalue weighted by atomic mass is 19.4. The minimum Gasteiger partial charge on any atom is -0.461 e. The van der Waals surface area contributed by atoms with Crippen molar-refractivity contribution >= 4 is 16.9 Å². The van der Waals surface area contributed by atoms with Gasteiger partial charge in [0, 0.05) is 16.6 Å². The fourth-order valence-corrected chi connectivity index (χ4v) is 3.64. The van der Waals surface area contributed by atoms with Crippen molar-refractivity contribution < 1.29 is 22.7 Å². The van der Waals surface area contributed by atoms with E-state index in [-0.39, 0.29) is 18.5 Å². The van der Waals surface area contributed by atoms with Gasteiger partial charge < -0.3 is 9.72 Å². The van der Waals surface area contributed by atoms with Gasteiger partial charge in [-0.15, -0.1) is 0 Å². The number of fused-ring (bicyclic) bond motifs is 3. The summed E-state index contributed by atoms with van der Waals surface area (Å²) in [7, 11) is 0. The van der Waals surface area contributed by atoms with Gasteiger partial charge in [0.1, 0.15) is 6.61 Å². The van der Waals surface area contributed by atoms with Crippen LogP contribution in [0.4, 0.5) is 13.2 Å². The average molecular weight is 373 g/mol. The largest absolute Gasteiger partial charge is 0.461 e. The van der Waals surface area contributed by atoms with Crippen LogP contribution >= 0.6 is 0 Å². The molecule has 1 unspecified atom stereocenters. The Hall–Kier alpha value is -2.76. The molecule has 4 rings (SSSR count). The average Bonchev–Trinajstić information content (AvgIpc) is 3.03. The van der Waals surface area contributed by atoms with Crippen LogP contribution in [0.15, 0.2) is 48.5 Å². The molecule has 0 aliphatic heterocycles. The number of aryl methyl sites for hydroxylation is 1. The minimum absolute atomic E-state index is 0.204. The first kappa shape index (κ1) is 17.6. The Morgan fingerprint density at radius 3 is 2.67 bits per heavy atom. The molecule has 0 bridgehead atoms. The van der Waals surface area contributed by atoms with E-state index in [1.807, 2.05) is 30.3 Å². The topological polar surface area (TPSA) is 42.1 Å². The molecular weight excluding hydrogens is 355 g/mol. The number of halogens is 3. The van der Waals surface area contributed by atoms with Crippen LogP contribution in [0.2, 0.25) is 0 Å². The highest BCUT2D eigenvalue weighted by Crippen LogP contribution is 2.36. The molecule has 6 heteroatoms. The number of esters is 1. The zero-order valence-electron chi connectivity index (χ0n) is 14.5. The molecule has 0 radical (unpaired) electrons. The predicted molar refractivity (Wildman–Crippen MR) is 95.1 cm³/mol. The third kappa shape index (κ3) is 3.56. The number of carbonyl (C=O) groups excluding carboxylic acids is 1. The second-order valence-electron chi connectivity index (χ2n) is 6.87. The molecule has 140 valence electrons. The lowest BCUT2D eigenvalue weighted by molar-refractivity contribution is -0.150. The molecule has 2 aromatic carbocycles. The van der Waals surface area contributed by atoms with Crippen molar-refractivity contribution in [3.63, 3.8) is 0 Å². The summed E-state index contributed by atoms with van der Waals surface area (Å²) < 4.78 is 44.5. The SMILES string of the molecule is O=C(OCc1ccccc1)C1CCc2[nH]c3ccc(C(F)(F)F)cc3c2C1. The van der Waals surface area contributed by atoms with E-state index in [9.17, 15) is 18.0 Å².